The van der Waals surface area contributed by atoms with Crippen molar-refractivity contribution in [2.75, 3.05) is 6.61 Å². The quantitative estimate of drug-likeness (QED) is 0.784. The van der Waals surface area contributed by atoms with E-state index in [9.17, 15) is 0 Å². The van der Waals surface area contributed by atoms with Crippen molar-refractivity contribution in [3.05, 3.63) is 23.9 Å². The van der Waals surface area contributed by atoms with Gasteiger partial charge in [-0.3, -0.25) is 0 Å². The molecule has 0 aromatic carbocycles. The molecule has 0 saturated heterocycles. The van der Waals surface area contributed by atoms with E-state index >= 15 is 0 Å². The zero-order valence-corrected chi connectivity index (χ0v) is 11.2. The molecule has 2 rings (SSSR count). The molecule has 1 fully saturated rings. The Hall–Kier alpha value is -1.05. The van der Waals surface area contributed by atoms with Crippen LogP contribution in [0.15, 0.2) is 18.2 Å². The predicted molar refractivity (Wildman–Crippen MR) is 70.2 cm³/mol. The minimum absolute atomic E-state index is 0.503. The van der Waals surface area contributed by atoms with Gasteiger partial charge >= 0.3 is 0 Å². The molecule has 0 N–H and O–H groups in total. The van der Waals surface area contributed by atoms with Crippen LogP contribution in [-0.4, -0.2) is 11.6 Å². The van der Waals surface area contributed by atoms with E-state index in [4.69, 9.17) is 4.74 Å². The Morgan fingerprint density at radius 2 is 2.24 bits per heavy atom. The van der Waals surface area contributed by atoms with Gasteiger partial charge in [-0.2, -0.15) is 0 Å². The largest absolute Gasteiger partial charge is 0.478 e. The molecule has 1 aliphatic rings. The Morgan fingerprint density at radius 3 is 2.88 bits per heavy atom. The Labute approximate surface area is 104 Å². The van der Waals surface area contributed by atoms with E-state index in [1.165, 1.54) is 19.3 Å². The highest BCUT2D eigenvalue weighted by Gasteiger charge is 2.33. The zero-order chi connectivity index (χ0) is 12.3. The summed E-state index contributed by atoms with van der Waals surface area (Å²) in [5.41, 5.74) is 1.52. The van der Waals surface area contributed by atoms with Gasteiger partial charge in [0.2, 0.25) is 5.88 Å². The Balaban J connectivity index is 1.80. The van der Waals surface area contributed by atoms with Gasteiger partial charge in [-0.15, -0.1) is 0 Å². The fraction of sp³-hybridized carbons (Fsp3) is 0.667. The van der Waals surface area contributed by atoms with E-state index in [0.717, 1.165) is 30.5 Å². The average Bonchev–Trinajstić information content (AvgIpc) is 2.58. The van der Waals surface area contributed by atoms with Crippen molar-refractivity contribution in [3.63, 3.8) is 0 Å². The highest BCUT2D eigenvalue weighted by molar-refractivity contribution is 5.14. The minimum atomic E-state index is 0.503. The van der Waals surface area contributed by atoms with Crippen LogP contribution in [-0.2, 0) is 0 Å². The van der Waals surface area contributed by atoms with Crippen LogP contribution in [0, 0.1) is 18.3 Å². The lowest BCUT2D eigenvalue weighted by Gasteiger charge is -2.26. The van der Waals surface area contributed by atoms with Crippen LogP contribution in [0.25, 0.3) is 0 Å². The van der Waals surface area contributed by atoms with Crippen LogP contribution >= 0.6 is 0 Å². The minimum Gasteiger partial charge on any atom is -0.478 e. The summed E-state index contributed by atoms with van der Waals surface area (Å²) in [5.74, 6) is 1.58. The van der Waals surface area contributed by atoms with E-state index in [-0.39, 0.29) is 0 Å². The van der Waals surface area contributed by atoms with Crippen LogP contribution in [0.4, 0.5) is 0 Å². The van der Waals surface area contributed by atoms with Crippen LogP contribution in [0.2, 0.25) is 0 Å². The van der Waals surface area contributed by atoms with Crippen molar-refractivity contribution in [1.29, 1.82) is 0 Å². The molecule has 1 aromatic rings. The highest BCUT2D eigenvalue weighted by atomic mass is 16.5. The highest BCUT2D eigenvalue weighted by Crippen LogP contribution is 2.44. The van der Waals surface area contributed by atoms with Gasteiger partial charge < -0.3 is 4.74 Å². The molecule has 0 aliphatic heterocycles. The van der Waals surface area contributed by atoms with Gasteiger partial charge in [-0.1, -0.05) is 26.3 Å². The third kappa shape index (κ3) is 3.21. The van der Waals surface area contributed by atoms with E-state index in [0.29, 0.717) is 5.41 Å². The number of hydrogen-bond acceptors (Lipinski definition) is 2. The molecule has 2 heteroatoms. The maximum absolute atomic E-state index is 5.73. The first-order chi connectivity index (χ1) is 8.08. The first kappa shape index (κ1) is 12.4. The normalized spacial score (nSPS) is 22.6. The number of rotatable bonds is 4. The van der Waals surface area contributed by atoms with Crippen LogP contribution in [0.3, 0.4) is 0 Å². The van der Waals surface area contributed by atoms with E-state index < -0.39 is 0 Å². The smallest absolute Gasteiger partial charge is 0.213 e. The lowest BCUT2D eigenvalue weighted by Crippen LogP contribution is -2.19. The number of hydrogen-bond donors (Lipinski definition) is 0. The summed E-state index contributed by atoms with van der Waals surface area (Å²) in [4.78, 5) is 4.35. The first-order valence-electron chi connectivity index (χ1n) is 6.64. The van der Waals surface area contributed by atoms with Gasteiger partial charge in [0, 0.05) is 11.8 Å². The summed E-state index contributed by atoms with van der Waals surface area (Å²) in [6.45, 7) is 7.56. The molecule has 2 nitrogen and oxygen atoms in total. The van der Waals surface area contributed by atoms with Gasteiger partial charge in [0.05, 0.1) is 6.61 Å². The van der Waals surface area contributed by atoms with Gasteiger partial charge in [0.1, 0.15) is 0 Å². The summed E-state index contributed by atoms with van der Waals surface area (Å²) < 4.78 is 5.73. The third-order valence-corrected chi connectivity index (χ3v) is 4.06. The fourth-order valence-corrected chi connectivity index (χ4v) is 2.84. The second-order valence-corrected chi connectivity index (χ2v) is 5.83. The second kappa shape index (κ2) is 5.07. The van der Waals surface area contributed by atoms with Gasteiger partial charge in [-0.25, -0.2) is 4.98 Å². The number of ether oxygens (including phenoxy) is 1. The van der Waals surface area contributed by atoms with Crippen LogP contribution < -0.4 is 4.74 Å². The summed E-state index contributed by atoms with van der Waals surface area (Å²) in [5, 5.41) is 0. The monoisotopic (exact) mass is 233 g/mol. The Kier molecular flexibility index (Phi) is 3.70. The lowest BCUT2D eigenvalue weighted by molar-refractivity contribution is 0.195. The number of pyridine rings is 1. The number of aryl methyl sites for hydroxylation is 1. The summed E-state index contributed by atoms with van der Waals surface area (Å²) in [6, 6.07) is 5.93. The molecule has 94 valence electrons. The molecule has 1 aromatic heterocycles. The molecule has 1 aliphatic carbocycles. The van der Waals surface area contributed by atoms with Crippen molar-refractivity contribution in [2.24, 2.45) is 11.3 Å². The Morgan fingerprint density at radius 1 is 1.41 bits per heavy atom. The Bertz CT molecular complexity index is 373. The van der Waals surface area contributed by atoms with Crippen LogP contribution in [0.1, 0.15) is 45.2 Å². The van der Waals surface area contributed by atoms with Gasteiger partial charge in [0.25, 0.3) is 0 Å². The fourth-order valence-electron chi connectivity index (χ4n) is 2.84. The summed E-state index contributed by atoms with van der Waals surface area (Å²) in [7, 11) is 0. The van der Waals surface area contributed by atoms with Gasteiger partial charge in [0.15, 0.2) is 0 Å². The van der Waals surface area contributed by atoms with Crippen molar-refractivity contribution in [2.45, 2.75) is 46.5 Å². The first-order valence-corrected chi connectivity index (χ1v) is 6.64. The average molecular weight is 233 g/mol. The number of nitrogens with zero attached hydrogens (tertiary/aromatic N) is 1. The summed E-state index contributed by atoms with van der Waals surface area (Å²) >= 11 is 0. The standard InChI is InChI=1S/C15H23NO/c1-12-6-4-8-14(16-12)17-11-9-13-7-5-10-15(13,2)3/h4,6,8,13H,5,7,9-11H2,1-3H3. The van der Waals surface area contributed by atoms with E-state index in [2.05, 4.69) is 18.8 Å². The maximum Gasteiger partial charge on any atom is 0.213 e. The molecule has 1 atom stereocenters. The van der Waals surface area contributed by atoms with Crippen molar-refractivity contribution in [3.8, 4) is 5.88 Å². The lowest BCUT2D eigenvalue weighted by atomic mass is 9.80. The molecule has 0 amide bonds. The molecule has 0 radical (unpaired) electrons. The van der Waals surface area contributed by atoms with Crippen molar-refractivity contribution < 1.29 is 4.74 Å². The zero-order valence-electron chi connectivity index (χ0n) is 11.2. The molecule has 1 unspecified atom stereocenters. The topological polar surface area (TPSA) is 22.1 Å². The van der Waals surface area contributed by atoms with Gasteiger partial charge in [-0.05, 0) is 43.6 Å². The summed E-state index contributed by atoms with van der Waals surface area (Å²) in [6.07, 6.45) is 5.25. The molecule has 0 bridgehead atoms. The maximum atomic E-state index is 5.73. The second-order valence-electron chi connectivity index (χ2n) is 5.83. The van der Waals surface area contributed by atoms with Crippen LogP contribution in [0.5, 0.6) is 5.88 Å². The molecule has 17 heavy (non-hydrogen) atoms. The number of aromatic nitrogens is 1. The van der Waals surface area contributed by atoms with E-state index in [1.807, 2.05) is 25.1 Å². The molecule has 1 saturated carbocycles. The molecular formula is C15H23NO. The SMILES string of the molecule is Cc1cccc(OCCC2CCCC2(C)C)n1. The molecule has 0 spiro atoms. The van der Waals surface area contributed by atoms with E-state index in [1.54, 1.807) is 0 Å². The van der Waals surface area contributed by atoms with Crippen molar-refractivity contribution >= 4 is 0 Å². The van der Waals surface area contributed by atoms with Crippen molar-refractivity contribution in [1.82, 2.24) is 4.98 Å². The predicted octanol–water partition coefficient (Wildman–Crippen LogP) is 3.99. The molecular weight excluding hydrogens is 210 g/mol. The molecule has 1 heterocycles. The third-order valence-electron chi connectivity index (χ3n) is 4.06.